The van der Waals surface area contributed by atoms with Gasteiger partial charge in [0, 0.05) is 29.5 Å². The zero-order valence-electron chi connectivity index (χ0n) is 12.6. The molecule has 2 N–H and O–H groups in total. The molecule has 23 heavy (non-hydrogen) atoms. The van der Waals surface area contributed by atoms with Crippen molar-refractivity contribution in [3.8, 4) is 0 Å². The minimum atomic E-state index is -3.46. The Balaban J connectivity index is -0.000000129. The van der Waals surface area contributed by atoms with Crippen molar-refractivity contribution in [2.75, 3.05) is 20.5 Å². The Morgan fingerprint density at radius 2 is 1.26 bits per heavy atom. The van der Waals surface area contributed by atoms with E-state index in [1.807, 2.05) is 0 Å². The van der Waals surface area contributed by atoms with Crippen LogP contribution in [0.2, 0.25) is 0 Å². The maximum Gasteiger partial charge on any atom is 0.420 e. The molecule has 6 unspecified atom stereocenters. The van der Waals surface area contributed by atoms with Crippen LogP contribution in [0.1, 0.15) is 0 Å². The van der Waals surface area contributed by atoms with Crippen LogP contribution in [0.3, 0.4) is 0 Å². The third-order valence-electron chi connectivity index (χ3n) is 1.07. The van der Waals surface area contributed by atoms with Gasteiger partial charge in [-0.25, -0.2) is 17.9 Å². The number of aliphatic hydroxyl groups excluding tert-OH is 1. The number of carbonyl (C=O) groups excluding carboxylic acids is 1. The quantitative estimate of drug-likeness (QED) is 0.487. The highest BCUT2D eigenvalue weighted by atomic mass is 33.2. The molecule has 142 valence electrons. The molecule has 1 amide bonds. The summed E-state index contributed by atoms with van der Waals surface area (Å²) in [6.45, 7) is 0.623. The first-order valence-electron chi connectivity index (χ1n) is 4.78. The molecule has 19 heteroatoms. The molecule has 6 nitrogen and oxygen atoms in total. The third-order valence-corrected chi connectivity index (χ3v) is 51.2. The Kier molecular flexibility index (Phi) is 33.2. The Morgan fingerprint density at radius 1 is 1.00 bits per heavy atom. The molecule has 0 saturated heterocycles. The smallest absolute Gasteiger partial charge is 0.420 e. The van der Waals surface area contributed by atoms with E-state index < -0.39 is 16.1 Å². The van der Waals surface area contributed by atoms with E-state index in [2.05, 4.69) is 80.7 Å². The van der Waals surface area contributed by atoms with Crippen molar-refractivity contribution in [1.29, 1.82) is 0 Å². The van der Waals surface area contributed by atoms with Crippen molar-refractivity contribution in [1.82, 2.24) is 4.72 Å². The van der Waals surface area contributed by atoms with Gasteiger partial charge in [-0.2, -0.15) is 0 Å². The number of carbonyl (C=O) groups is 1. The number of hydrogen-bond acceptors (Lipinski definition) is 7. The number of nitrogens with one attached hydrogen (secondary N) is 1. The van der Waals surface area contributed by atoms with Gasteiger partial charge < -0.3 is 9.84 Å². The maximum atomic E-state index is 10.2. The first kappa shape index (κ1) is 34.4. The number of hydrogen-bond donors (Lipinski definition) is 2. The highest BCUT2D eigenvalue weighted by Crippen LogP contribution is 3.10. The predicted molar refractivity (Wildman–Crippen MR) is 139 cm³/mol. The van der Waals surface area contributed by atoms with Crippen LogP contribution in [0.25, 0.3) is 0 Å². The second-order valence-electron chi connectivity index (χ2n) is 2.77. The van der Waals surface area contributed by atoms with Gasteiger partial charge in [0.1, 0.15) is 0 Å². The van der Waals surface area contributed by atoms with Crippen molar-refractivity contribution in [3.63, 3.8) is 0 Å². The van der Waals surface area contributed by atoms with Crippen molar-refractivity contribution in [2.45, 2.75) is 0 Å². The van der Waals surface area contributed by atoms with E-state index in [4.69, 9.17) is 5.11 Å². The molecule has 0 heterocycles. The normalized spacial score (nSPS) is 10.0. The van der Waals surface area contributed by atoms with Crippen molar-refractivity contribution in [3.05, 3.63) is 0 Å². The molecule has 0 aromatic heterocycles. The van der Waals surface area contributed by atoms with Gasteiger partial charge in [0.15, 0.2) is 0 Å². The van der Waals surface area contributed by atoms with Gasteiger partial charge in [0.2, 0.25) is 10.0 Å². The van der Waals surface area contributed by atoms with E-state index >= 15 is 0 Å². The fraction of sp³-hybridized carbons (Fsp3) is 0.750. The van der Waals surface area contributed by atoms with Crippen LogP contribution >= 0.6 is 81.5 Å². The largest absolute Gasteiger partial charge is 0.452 e. The highest BCUT2D eigenvalue weighted by molar-refractivity contribution is 9.16. The van der Waals surface area contributed by atoms with Crippen molar-refractivity contribution < 1.29 is 23.1 Å². The molecule has 6 atom stereocenters. The van der Waals surface area contributed by atoms with Crippen LogP contribution in [0.5, 0.6) is 0 Å². The van der Waals surface area contributed by atoms with Gasteiger partial charge in [0.25, 0.3) is 0 Å². The van der Waals surface area contributed by atoms with E-state index in [0.717, 1.165) is 20.5 Å². The Hall–Kier alpha value is 3.92. The standard InChI is InChI=1S/C3H7NO4S.CH4O.H12P10.S2/c1-8-3(5)4-9(2,6)7;1-2;1-7(2)10(8(3)4)9(5)6;1-2/h1-2H3,(H,4,5);2H,1H3;1-6H2;. The number of sulfonamides is 1. The van der Waals surface area contributed by atoms with E-state index in [1.54, 1.807) is 4.72 Å². The van der Waals surface area contributed by atoms with Gasteiger partial charge in [-0.3, -0.25) is 0 Å². The lowest BCUT2D eigenvalue weighted by atomic mass is 11.2. The first-order chi connectivity index (χ1) is 10.4. The molecule has 0 radical (unpaired) electrons. The lowest BCUT2D eigenvalue weighted by Crippen LogP contribution is -2.28. The van der Waals surface area contributed by atoms with Gasteiger partial charge in [-0.05, 0) is 27.9 Å². The zero-order valence-corrected chi connectivity index (χ0v) is 25.5. The minimum Gasteiger partial charge on any atom is -0.452 e. The fourth-order valence-electron chi connectivity index (χ4n) is 0.551. The van der Waals surface area contributed by atoms with Gasteiger partial charge in [-0.15, -0.1) is 53.6 Å². The van der Waals surface area contributed by atoms with Crippen molar-refractivity contribution >= 4 is 120 Å². The van der Waals surface area contributed by atoms with Crippen LogP contribution in [0, 0.1) is 0 Å². The molecule has 0 aromatic rings. The predicted octanol–water partition coefficient (Wildman–Crippen LogP) is 4.31. The second kappa shape index (κ2) is 22.2. The lowest BCUT2D eigenvalue weighted by Gasteiger charge is -2.27. The summed E-state index contributed by atoms with van der Waals surface area (Å²) in [5, 5.41) is 7.00. The summed E-state index contributed by atoms with van der Waals surface area (Å²) in [7, 11) is 16.3. The molecule has 0 aliphatic rings. The summed E-state index contributed by atoms with van der Waals surface area (Å²) in [5.74, 6) is 0. The summed E-state index contributed by atoms with van der Waals surface area (Å²) in [4.78, 5) is 10.1. The lowest BCUT2D eigenvalue weighted by molar-refractivity contribution is 0.178. The van der Waals surface area contributed by atoms with E-state index in [1.165, 1.54) is 0 Å². The third kappa shape index (κ3) is 28.2. The summed E-state index contributed by atoms with van der Waals surface area (Å²) in [5.41, 5.74) is 0. The van der Waals surface area contributed by atoms with Gasteiger partial charge in [0.05, 0.1) is 13.4 Å². The SMILES string of the molecule is CO.COC(=O)NS(C)(=O)=O.PP(P)P(P(P)P)P(P)P.S=S. The summed E-state index contributed by atoms with van der Waals surface area (Å²) >= 11 is 7.33. The Bertz CT molecular complexity index is 364. The van der Waals surface area contributed by atoms with Crippen molar-refractivity contribution in [2.24, 2.45) is 0 Å². The fourth-order valence-corrected chi connectivity index (χ4v) is 87.5. The van der Waals surface area contributed by atoms with E-state index in [9.17, 15) is 13.2 Å². The molecular weight excluding hydrogens is 548 g/mol. The van der Waals surface area contributed by atoms with Crippen LogP contribution in [-0.4, -0.2) is 40.1 Å². The molecule has 0 spiro atoms. The van der Waals surface area contributed by atoms with Crippen LogP contribution in [0.4, 0.5) is 4.79 Å². The number of ether oxygens (including phenoxy) is 1. The molecule has 0 aliphatic carbocycles. The molecule has 0 bridgehead atoms. The molecule has 0 fully saturated rings. The number of amides is 1. The second-order valence-corrected chi connectivity index (χ2v) is 41.1. The summed E-state index contributed by atoms with van der Waals surface area (Å²) < 4.78 is 26.0. The van der Waals surface area contributed by atoms with Crippen LogP contribution < -0.4 is 4.72 Å². The van der Waals surface area contributed by atoms with E-state index in [-0.39, 0.29) is 27.9 Å². The van der Waals surface area contributed by atoms with Crippen LogP contribution in [0.15, 0.2) is 0 Å². The molecule has 0 rings (SSSR count). The van der Waals surface area contributed by atoms with E-state index in [0.29, 0.717) is 0 Å². The Labute approximate surface area is 167 Å². The maximum absolute atomic E-state index is 10.2. The van der Waals surface area contributed by atoms with Gasteiger partial charge in [-0.1, -0.05) is 0 Å². The van der Waals surface area contributed by atoms with Crippen LogP contribution in [-0.2, 0) is 37.1 Å². The summed E-state index contributed by atoms with van der Waals surface area (Å²) in [6.07, 6.45) is -0.110. The average Bonchev–Trinajstić information content (AvgIpc) is 2.40. The Morgan fingerprint density at radius 3 is 1.30 bits per heavy atom. The molecule has 0 saturated carbocycles. The minimum absolute atomic E-state index is 0.130. The molecule has 0 aromatic carbocycles. The average molecular weight is 571 g/mol. The number of rotatable bonds is 4. The molecule has 0 aliphatic heterocycles. The monoisotopic (exact) mass is 571 g/mol. The van der Waals surface area contributed by atoms with Gasteiger partial charge >= 0.3 is 6.09 Å². The summed E-state index contributed by atoms with van der Waals surface area (Å²) in [6, 6.07) is 0. The zero-order chi connectivity index (χ0) is 19.8. The molecular formula is C4H23NO5P10S3. The highest BCUT2D eigenvalue weighted by Gasteiger charge is 2.20. The topological polar surface area (TPSA) is 92.7 Å². The number of aliphatic hydroxyl groups is 1. The first-order valence-corrected chi connectivity index (χ1v) is 25.2. The number of methoxy groups -OCH3 is 1.